The van der Waals surface area contributed by atoms with Crippen molar-refractivity contribution in [1.82, 2.24) is 9.29 Å². The van der Waals surface area contributed by atoms with E-state index in [2.05, 4.69) is 33.7 Å². The van der Waals surface area contributed by atoms with Gasteiger partial charge in [-0.25, -0.2) is 9.78 Å². The normalized spacial score (nSPS) is 15.9. The third-order valence-corrected chi connectivity index (χ3v) is 5.21. The molecule has 1 N–H and O–H groups in total. The van der Waals surface area contributed by atoms with Crippen LogP contribution in [-0.2, 0) is 11.3 Å². The zero-order valence-corrected chi connectivity index (χ0v) is 15.1. The van der Waals surface area contributed by atoms with Gasteiger partial charge in [0.25, 0.3) is 0 Å². The van der Waals surface area contributed by atoms with E-state index in [1.807, 2.05) is 24.1 Å². The maximum atomic E-state index is 11.8. The SMILES string of the molecule is CCSN1CCC(c2ccc(NC(=O)OCc3cnco3)cc2)CC1. The highest BCUT2D eigenvalue weighted by Crippen LogP contribution is 2.31. The Morgan fingerprint density at radius 3 is 2.76 bits per heavy atom. The summed E-state index contributed by atoms with van der Waals surface area (Å²) in [6, 6.07) is 8.05. The van der Waals surface area contributed by atoms with Gasteiger partial charge in [0.15, 0.2) is 18.8 Å². The molecule has 6 nitrogen and oxygen atoms in total. The molecule has 1 aromatic heterocycles. The van der Waals surface area contributed by atoms with Crippen LogP contribution in [0.4, 0.5) is 10.5 Å². The van der Waals surface area contributed by atoms with E-state index < -0.39 is 6.09 Å². The number of amides is 1. The Hall–Kier alpha value is -1.99. The van der Waals surface area contributed by atoms with Crippen molar-refractivity contribution in [2.75, 3.05) is 24.2 Å². The van der Waals surface area contributed by atoms with E-state index in [0.717, 1.165) is 24.5 Å². The van der Waals surface area contributed by atoms with E-state index in [1.165, 1.54) is 31.0 Å². The summed E-state index contributed by atoms with van der Waals surface area (Å²) in [4.78, 5) is 15.6. The van der Waals surface area contributed by atoms with Crippen molar-refractivity contribution in [3.8, 4) is 0 Å². The van der Waals surface area contributed by atoms with E-state index in [0.29, 0.717) is 11.7 Å². The number of nitrogens with zero attached hydrogens (tertiary/aromatic N) is 2. The summed E-state index contributed by atoms with van der Waals surface area (Å²) in [6.45, 7) is 4.53. The molecule has 0 bridgehead atoms. The van der Waals surface area contributed by atoms with Gasteiger partial charge in [0.1, 0.15) is 0 Å². The molecule has 0 radical (unpaired) electrons. The monoisotopic (exact) mass is 361 g/mol. The molecule has 0 atom stereocenters. The van der Waals surface area contributed by atoms with Gasteiger partial charge in [0.2, 0.25) is 0 Å². The van der Waals surface area contributed by atoms with Crippen LogP contribution in [0.3, 0.4) is 0 Å². The van der Waals surface area contributed by atoms with E-state index >= 15 is 0 Å². The van der Waals surface area contributed by atoms with Crippen LogP contribution in [0.15, 0.2) is 41.3 Å². The number of carbonyl (C=O) groups is 1. The predicted molar refractivity (Wildman–Crippen MR) is 98.4 cm³/mol. The molecule has 0 aliphatic carbocycles. The number of aromatic nitrogens is 1. The third kappa shape index (κ3) is 5.24. The van der Waals surface area contributed by atoms with Gasteiger partial charge < -0.3 is 9.15 Å². The van der Waals surface area contributed by atoms with E-state index in [9.17, 15) is 4.79 Å². The summed E-state index contributed by atoms with van der Waals surface area (Å²) < 4.78 is 12.6. The Bertz CT molecular complexity index is 653. The molecule has 25 heavy (non-hydrogen) atoms. The van der Waals surface area contributed by atoms with Crippen molar-refractivity contribution in [3.05, 3.63) is 48.2 Å². The first-order valence-electron chi connectivity index (χ1n) is 8.53. The number of carbonyl (C=O) groups excluding carboxylic acids is 1. The Morgan fingerprint density at radius 1 is 1.36 bits per heavy atom. The van der Waals surface area contributed by atoms with Gasteiger partial charge in [-0.05, 0) is 36.5 Å². The molecule has 1 amide bonds. The minimum atomic E-state index is -0.506. The number of oxazole rings is 1. The molecule has 2 heterocycles. The highest BCUT2D eigenvalue weighted by molar-refractivity contribution is 7.96. The lowest BCUT2D eigenvalue weighted by Crippen LogP contribution is -2.27. The summed E-state index contributed by atoms with van der Waals surface area (Å²) in [5.41, 5.74) is 2.06. The number of hydrogen-bond donors (Lipinski definition) is 1. The molecule has 1 saturated heterocycles. The highest BCUT2D eigenvalue weighted by atomic mass is 32.2. The van der Waals surface area contributed by atoms with E-state index in [1.54, 1.807) is 0 Å². The standard InChI is InChI=1S/C18H23N3O3S/c1-2-25-21-9-7-15(8-10-21)14-3-5-16(6-4-14)20-18(22)23-12-17-11-19-13-24-17/h3-6,11,13,15H,2,7-10,12H2,1H3,(H,20,22). The Kier molecular flexibility index (Phi) is 6.36. The predicted octanol–water partition coefficient (Wildman–Crippen LogP) is 4.27. The van der Waals surface area contributed by atoms with Gasteiger partial charge >= 0.3 is 6.09 Å². The molecular weight excluding hydrogens is 338 g/mol. The first-order chi connectivity index (χ1) is 12.2. The van der Waals surface area contributed by atoms with Crippen LogP contribution in [0.25, 0.3) is 0 Å². The second-order valence-corrected chi connectivity index (χ2v) is 7.26. The summed E-state index contributed by atoms with van der Waals surface area (Å²) >= 11 is 1.92. The maximum Gasteiger partial charge on any atom is 0.412 e. The third-order valence-electron chi connectivity index (χ3n) is 4.22. The average molecular weight is 361 g/mol. The van der Waals surface area contributed by atoms with Crippen molar-refractivity contribution < 1.29 is 13.9 Å². The Balaban J connectivity index is 1.46. The zero-order valence-electron chi connectivity index (χ0n) is 14.3. The molecule has 0 unspecified atom stereocenters. The summed E-state index contributed by atoms with van der Waals surface area (Å²) in [5.74, 6) is 2.25. The molecule has 1 aliphatic heterocycles. The number of ether oxygens (including phenoxy) is 1. The summed E-state index contributed by atoms with van der Waals surface area (Å²) in [6.07, 6.45) is 4.68. The number of nitrogens with one attached hydrogen (secondary N) is 1. The van der Waals surface area contributed by atoms with Gasteiger partial charge in [-0.2, -0.15) is 0 Å². The second kappa shape index (κ2) is 8.92. The lowest BCUT2D eigenvalue weighted by Gasteiger charge is -2.31. The number of anilines is 1. The fourth-order valence-electron chi connectivity index (χ4n) is 2.94. The van der Waals surface area contributed by atoms with Crippen LogP contribution in [0.2, 0.25) is 0 Å². The van der Waals surface area contributed by atoms with Crippen LogP contribution < -0.4 is 5.32 Å². The first kappa shape index (κ1) is 17.8. The van der Waals surface area contributed by atoms with Crippen molar-refractivity contribution in [3.63, 3.8) is 0 Å². The van der Waals surface area contributed by atoms with Crippen LogP contribution in [0.5, 0.6) is 0 Å². The average Bonchev–Trinajstić information content (AvgIpc) is 3.15. The molecule has 134 valence electrons. The zero-order chi connectivity index (χ0) is 17.5. The molecule has 1 aliphatic rings. The van der Waals surface area contributed by atoms with Gasteiger partial charge in [0, 0.05) is 24.5 Å². The first-order valence-corrected chi connectivity index (χ1v) is 9.48. The molecule has 1 aromatic carbocycles. The molecule has 7 heteroatoms. The Morgan fingerprint density at radius 2 is 2.12 bits per heavy atom. The number of piperidine rings is 1. The van der Waals surface area contributed by atoms with Crippen molar-refractivity contribution >= 4 is 23.7 Å². The molecule has 0 saturated carbocycles. The molecular formula is C18H23N3O3S. The molecule has 3 rings (SSSR count). The number of rotatable bonds is 6. The van der Waals surface area contributed by atoms with E-state index in [4.69, 9.17) is 9.15 Å². The molecule has 0 spiro atoms. The second-order valence-electron chi connectivity index (χ2n) is 5.91. The van der Waals surface area contributed by atoms with Crippen LogP contribution in [0.1, 0.15) is 37.0 Å². The number of benzene rings is 1. The molecule has 2 aromatic rings. The quantitative estimate of drug-likeness (QED) is 0.775. The van der Waals surface area contributed by atoms with Gasteiger partial charge in [-0.3, -0.25) is 9.62 Å². The fourth-order valence-corrected chi connectivity index (χ4v) is 3.78. The Labute approximate surface area is 152 Å². The van der Waals surface area contributed by atoms with Gasteiger partial charge in [0.05, 0.1) is 6.20 Å². The largest absolute Gasteiger partial charge is 0.445 e. The lowest BCUT2D eigenvalue weighted by atomic mass is 9.90. The highest BCUT2D eigenvalue weighted by Gasteiger charge is 2.20. The van der Waals surface area contributed by atoms with Crippen LogP contribution in [0, 0.1) is 0 Å². The van der Waals surface area contributed by atoms with Crippen molar-refractivity contribution in [2.24, 2.45) is 0 Å². The molecule has 1 fully saturated rings. The smallest absolute Gasteiger partial charge is 0.412 e. The fraction of sp³-hybridized carbons (Fsp3) is 0.444. The van der Waals surface area contributed by atoms with Crippen molar-refractivity contribution in [2.45, 2.75) is 32.3 Å². The van der Waals surface area contributed by atoms with E-state index in [-0.39, 0.29) is 6.61 Å². The van der Waals surface area contributed by atoms with Gasteiger partial charge in [-0.15, -0.1) is 0 Å². The minimum Gasteiger partial charge on any atom is -0.445 e. The lowest BCUT2D eigenvalue weighted by molar-refractivity contribution is 0.146. The topological polar surface area (TPSA) is 67.6 Å². The van der Waals surface area contributed by atoms with Crippen LogP contribution in [-0.4, -0.2) is 34.2 Å². The van der Waals surface area contributed by atoms with Gasteiger partial charge in [-0.1, -0.05) is 31.0 Å². The number of hydrogen-bond acceptors (Lipinski definition) is 6. The summed E-state index contributed by atoms with van der Waals surface area (Å²) in [5, 5.41) is 2.72. The maximum absolute atomic E-state index is 11.8. The minimum absolute atomic E-state index is 0.0677. The van der Waals surface area contributed by atoms with Crippen LogP contribution >= 0.6 is 11.9 Å². The summed E-state index contributed by atoms with van der Waals surface area (Å²) in [7, 11) is 0. The van der Waals surface area contributed by atoms with Crippen molar-refractivity contribution in [1.29, 1.82) is 0 Å².